The highest BCUT2D eigenvalue weighted by Gasteiger charge is 2.16. The van der Waals surface area contributed by atoms with E-state index in [0.29, 0.717) is 24.3 Å². The van der Waals surface area contributed by atoms with Gasteiger partial charge in [0.25, 0.3) is 0 Å². The van der Waals surface area contributed by atoms with Crippen LogP contribution in [0.2, 0.25) is 0 Å². The predicted molar refractivity (Wildman–Crippen MR) is 72.0 cm³/mol. The summed E-state index contributed by atoms with van der Waals surface area (Å²) in [6.45, 7) is 6.33. The lowest BCUT2D eigenvalue weighted by Crippen LogP contribution is -2.38. The van der Waals surface area contributed by atoms with Crippen molar-refractivity contribution in [2.45, 2.75) is 58.4 Å². The van der Waals surface area contributed by atoms with Crippen LogP contribution in [0.1, 0.15) is 52.4 Å². The maximum absolute atomic E-state index is 11.9. The molecule has 0 saturated carbocycles. The molecule has 1 rings (SSSR count). The fourth-order valence-electron chi connectivity index (χ4n) is 2.24. The fourth-order valence-corrected chi connectivity index (χ4v) is 2.24. The number of amides is 1. The maximum Gasteiger partial charge on any atom is 0.222 e. The van der Waals surface area contributed by atoms with E-state index in [1.54, 1.807) is 0 Å². The van der Waals surface area contributed by atoms with Gasteiger partial charge in [-0.2, -0.15) is 0 Å². The van der Waals surface area contributed by atoms with Gasteiger partial charge in [0.15, 0.2) is 0 Å². The number of carbonyl (C=O) groups is 1. The van der Waals surface area contributed by atoms with Gasteiger partial charge in [0.1, 0.15) is 0 Å². The molecule has 0 aromatic heterocycles. The lowest BCUT2D eigenvalue weighted by Gasteiger charge is -2.26. The van der Waals surface area contributed by atoms with Crippen molar-refractivity contribution >= 4 is 5.91 Å². The molecule has 0 radical (unpaired) electrons. The molecular formula is C14H28N2O. The third-order valence-corrected chi connectivity index (χ3v) is 3.87. The Bertz CT molecular complexity index is 224. The summed E-state index contributed by atoms with van der Waals surface area (Å²) in [5.41, 5.74) is 0. The number of nitrogens with one attached hydrogen (secondary N) is 1. The molecule has 1 heterocycles. The summed E-state index contributed by atoms with van der Waals surface area (Å²) in [6, 6.07) is 0.627. The molecular weight excluding hydrogens is 212 g/mol. The number of nitrogens with zero attached hydrogens (tertiary/aromatic N) is 1. The van der Waals surface area contributed by atoms with Crippen molar-refractivity contribution in [1.29, 1.82) is 0 Å². The molecule has 1 aliphatic rings. The second-order valence-corrected chi connectivity index (χ2v) is 5.47. The van der Waals surface area contributed by atoms with Crippen molar-refractivity contribution in [3.8, 4) is 0 Å². The third-order valence-electron chi connectivity index (χ3n) is 3.87. The van der Waals surface area contributed by atoms with E-state index >= 15 is 0 Å². The van der Waals surface area contributed by atoms with Gasteiger partial charge in [-0.3, -0.25) is 4.79 Å². The van der Waals surface area contributed by atoms with Gasteiger partial charge < -0.3 is 10.2 Å². The Kier molecular flexibility index (Phi) is 6.56. The summed E-state index contributed by atoms with van der Waals surface area (Å²) in [6.07, 6.45) is 6.80. The van der Waals surface area contributed by atoms with Gasteiger partial charge in [-0.25, -0.2) is 0 Å². The maximum atomic E-state index is 11.9. The second kappa shape index (κ2) is 7.70. The van der Waals surface area contributed by atoms with E-state index in [0.717, 1.165) is 25.9 Å². The van der Waals surface area contributed by atoms with Crippen molar-refractivity contribution in [2.75, 3.05) is 20.1 Å². The molecule has 1 fully saturated rings. The minimum absolute atomic E-state index is 0.301. The number of carbonyl (C=O) groups excluding carboxylic acids is 1. The Morgan fingerprint density at radius 2 is 2.24 bits per heavy atom. The average molecular weight is 240 g/mol. The predicted octanol–water partition coefficient (Wildman–Crippen LogP) is 2.41. The largest absolute Gasteiger partial charge is 0.346 e. The Hall–Kier alpha value is -0.570. The topological polar surface area (TPSA) is 32.3 Å². The first-order valence-electron chi connectivity index (χ1n) is 7.10. The van der Waals surface area contributed by atoms with Crippen LogP contribution in [0.3, 0.4) is 0 Å². The van der Waals surface area contributed by atoms with Crippen molar-refractivity contribution in [1.82, 2.24) is 10.2 Å². The Morgan fingerprint density at radius 3 is 2.82 bits per heavy atom. The Balaban J connectivity index is 2.18. The lowest BCUT2D eigenvalue weighted by molar-refractivity contribution is -0.130. The van der Waals surface area contributed by atoms with Crippen LogP contribution in [0.15, 0.2) is 0 Å². The molecule has 2 unspecified atom stereocenters. The van der Waals surface area contributed by atoms with Crippen LogP contribution in [0.4, 0.5) is 0 Å². The van der Waals surface area contributed by atoms with Gasteiger partial charge in [0.05, 0.1) is 0 Å². The first kappa shape index (κ1) is 14.5. The molecule has 3 nitrogen and oxygen atoms in total. The first-order chi connectivity index (χ1) is 8.13. The van der Waals surface area contributed by atoms with E-state index in [2.05, 4.69) is 19.2 Å². The monoisotopic (exact) mass is 240 g/mol. The lowest BCUT2D eigenvalue weighted by atomic mass is 10.0. The fraction of sp³-hybridized carbons (Fsp3) is 0.929. The standard InChI is InChI=1S/C14H28N2O/c1-4-12(2)11-14(17)16(3)10-8-13-7-5-6-9-15-13/h12-13,15H,4-11H2,1-3H3. The Labute approximate surface area is 106 Å². The SMILES string of the molecule is CCC(C)CC(=O)N(C)CCC1CCCCN1. The minimum atomic E-state index is 0.301. The van der Waals surface area contributed by atoms with E-state index in [-0.39, 0.29) is 0 Å². The quantitative estimate of drug-likeness (QED) is 0.773. The molecule has 2 atom stereocenters. The summed E-state index contributed by atoms with van der Waals surface area (Å²) in [5.74, 6) is 0.813. The first-order valence-corrected chi connectivity index (χ1v) is 7.10. The highest BCUT2D eigenvalue weighted by Crippen LogP contribution is 2.12. The molecule has 1 N–H and O–H groups in total. The zero-order valence-corrected chi connectivity index (χ0v) is 11.7. The van der Waals surface area contributed by atoms with Gasteiger partial charge in [-0.1, -0.05) is 26.7 Å². The summed E-state index contributed by atoms with van der Waals surface area (Å²) in [7, 11) is 1.94. The summed E-state index contributed by atoms with van der Waals surface area (Å²) >= 11 is 0. The molecule has 100 valence electrons. The smallest absolute Gasteiger partial charge is 0.222 e. The summed E-state index contributed by atoms with van der Waals surface area (Å²) < 4.78 is 0. The van der Waals surface area contributed by atoms with Crippen molar-refractivity contribution in [2.24, 2.45) is 5.92 Å². The van der Waals surface area contributed by atoms with Gasteiger partial charge in [-0.05, 0) is 31.7 Å². The summed E-state index contributed by atoms with van der Waals surface area (Å²) in [4.78, 5) is 13.8. The van der Waals surface area contributed by atoms with Crippen LogP contribution < -0.4 is 5.32 Å². The summed E-state index contributed by atoms with van der Waals surface area (Å²) in [5, 5.41) is 3.53. The zero-order valence-electron chi connectivity index (χ0n) is 11.7. The molecule has 0 aromatic carbocycles. The number of piperidine rings is 1. The van der Waals surface area contributed by atoms with Crippen LogP contribution in [0, 0.1) is 5.92 Å². The zero-order chi connectivity index (χ0) is 12.7. The van der Waals surface area contributed by atoms with E-state index in [1.807, 2.05) is 11.9 Å². The van der Waals surface area contributed by atoms with Crippen LogP contribution in [-0.4, -0.2) is 37.0 Å². The van der Waals surface area contributed by atoms with Gasteiger partial charge in [0.2, 0.25) is 5.91 Å². The Morgan fingerprint density at radius 1 is 1.47 bits per heavy atom. The molecule has 1 saturated heterocycles. The molecule has 1 aliphatic heterocycles. The normalized spacial score (nSPS) is 22.2. The van der Waals surface area contributed by atoms with Gasteiger partial charge in [-0.15, -0.1) is 0 Å². The number of rotatable bonds is 6. The molecule has 17 heavy (non-hydrogen) atoms. The van der Waals surface area contributed by atoms with E-state index in [1.165, 1.54) is 19.3 Å². The molecule has 0 bridgehead atoms. The molecule has 1 amide bonds. The average Bonchev–Trinajstić information content (AvgIpc) is 2.36. The number of hydrogen-bond donors (Lipinski definition) is 1. The van der Waals surface area contributed by atoms with Crippen LogP contribution in [-0.2, 0) is 4.79 Å². The molecule has 0 aromatic rings. The van der Waals surface area contributed by atoms with E-state index < -0.39 is 0 Å². The minimum Gasteiger partial charge on any atom is -0.346 e. The number of hydrogen-bond acceptors (Lipinski definition) is 2. The van der Waals surface area contributed by atoms with Crippen molar-refractivity contribution in [3.05, 3.63) is 0 Å². The third kappa shape index (κ3) is 5.53. The van der Waals surface area contributed by atoms with Crippen molar-refractivity contribution < 1.29 is 4.79 Å². The van der Waals surface area contributed by atoms with Crippen molar-refractivity contribution in [3.63, 3.8) is 0 Å². The van der Waals surface area contributed by atoms with Crippen LogP contribution in [0.25, 0.3) is 0 Å². The molecule has 0 aliphatic carbocycles. The molecule has 0 spiro atoms. The van der Waals surface area contributed by atoms with Gasteiger partial charge >= 0.3 is 0 Å². The van der Waals surface area contributed by atoms with E-state index in [4.69, 9.17) is 0 Å². The highest BCUT2D eigenvalue weighted by molar-refractivity contribution is 5.76. The van der Waals surface area contributed by atoms with Crippen LogP contribution >= 0.6 is 0 Å². The molecule has 3 heteroatoms. The highest BCUT2D eigenvalue weighted by atomic mass is 16.2. The second-order valence-electron chi connectivity index (χ2n) is 5.47. The van der Waals surface area contributed by atoms with Crippen LogP contribution in [0.5, 0.6) is 0 Å². The van der Waals surface area contributed by atoms with Gasteiger partial charge in [0, 0.05) is 26.1 Å². The van der Waals surface area contributed by atoms with E-state index in [9.17, 15) is 4.79 Å².